The summed E-state index contributed by atoms with van der Waals surface area (Å²) >= 11 is 3.64. The van der Waals surface area contributed by atoms with Crippen LogP contribution in [-0.2, 0) is 71.9 Å². The van der Waals surface area contributed by atoms with Crippen molar-refractivity contribution in [2.45, 2.75) is 140 Å². The summed E-state index contributed by atoms with van der Waals surface area (Å²) in [6, 6.07) is 58.4. The number of imidazole rings is 1. The molecule has 0 radical (unpaired) electrons. The van der Waals surface area contributed by atoms with Crippen LogP contribution in [0.3, 0.4) is 0 Å². The van der Waals surface area contributed by atoms with Crippen LogP contribution in [0.4, 0.5) is 0 Å². The Labute approximate surface area is 658 Å². The van der Waals surface area contributed by atoms with Crippen LogP contribution >= 0.6 is 23.5 Å². The van der Waals surface area contributed by atoms with Crippen LogP contribution < -0.4 is 34.9 Å². The average Bonchev–Trinajstić information content (AvgIpc) is 1.64. The number of ether oxygens (including phenoxy) is 4. The number of nitrogens with one attached hydrogen (secondary N) is 4. The lowest BCUT2D eigenvalue weighted by Crippen LogP contribution is -2.49. The van der Waals surface area contributed by atoms with Gasteiger partial charge in [0.2, 0.25) is 17.7 Å². The number of allylic oxidation sites excluding steroid dienone is 3. The summed E-state index contributed by atoms with van der Waals surface area (Å²) in [6.07, 6.45) is 3.80. The van der Waals surface area contributed by atoms with Gasteiger partial charge in [0, 0.05) is 87.4 Å². The number of para-hydroxylation sites is 3. The summed E-state index contributed by atoms with van der Waals surface area (Å²) in [6.45, 7) is 27.0. The normalized spacial score (nSPS) is 17.2. The molecule has 9 aromatic rings. The second-order valence-electron chi connectivity index (χ2n) is 28.4. The number of carbonyl (C=O) groups excluding carboxylic acids is 6. The Hall–Kier alpha value is -10.9. The highest BCUT2D eigenvalue weighted by molar-refractivity contribution is 7.98. The highest BCUT2D eigenvalue weighted by Gasteiger charge is 2.42. The molecule has 111 heavy (non-hydrogen) atoms. The molecule has 0 saturated carbocycles. The minimum atomic E-state index is -0.483. The van der Waals surface area contributed by atoms with E-state index in [2.05, 4.69) is 149 Å². The van der Waals surface area contributed by atoms with Crippen LogP contribution in [0, 0.1) is 0 Å². The third-order valence-electron chi connectivity index (χ3n) is 20.9. The molecule has 6 aliphatic rings. The molecular weight excluding hydrogens is 1430 g/mol. The number of hydrogen-bond donors (Lipinski definition) is 4. The first kappa shape index (κ1) is 78.2. The fourth-order valence-corrected chi connectivity index (χ4v) is 16.3. The van der Waals surface area contributed by atoms with E-state index in [1.54, 1.807) is 32.5 Å². The van der Waals surface area contributed by atoms with Crippen LogP contribution in [-0.4, -0.2) is 133 Å². The van der Waals surface area contributed by atoms with Crippen LogP contribution in [0.1, 0.15) is 140 Å². The topological polar surface area (TPSA) is 220 Å². The maximum absolute atomic E-state index is 13.1. The zero-order valence-corrected chi connectivity index (χ0v) is 64.9. The maximum Gasteiger partial charge on any atom is 0.255 e. The quantitative estimate of drug-likeness (QED) is 0.0253. The van der Waals surface area contributed by atoms with Gasteiger partial charge in [-0.3, -0.25) is 33.7 Å². The number of aromatic nitrogens is 2. The predicted octanol–water partition coefficient (Wildman–Crippen LogP) is 14.7. The number of thioether (sulfide) groups is 2. The molecule has 20 nitrogen and oxygen atoms in total. The number of aromatic amines is 1. The Morgan fingerprint density at radius 3 is 1.27 bits per heavy atom. The molecule has 0 spiro atoms. The number of H-pyrrole nitrogens is 1. The van der Waals surface area contributed by atoms with Gasteiger partial charge in [0.15, 0.2) is 5.16 Å². The number of likely N-dealkylation sites (N-methyl/N-ethyl adjacent to an activating group) is 1. The number of hydrogen-bond acceptors (Lipinski definition) is 15. The van der Waals surface area contributed by atoms with Gasteiger partial charge in [-0.05, 0) is 152 Å². The number of rotatable bonds is 29. The number of piperidine rings is 3. The second-order valence-corrected chi connectivity index (χ2v) is 30.4. The molecule has 7 heterocycles. The lowest BCUT2D eigenvalue weighted by atomic mass is 10.0. The van der Waals surface area contributed by atoms with Gasteiger partial charge in [0.1, 0.15) is 67.6 Å². The summed E-state index contributed by atoms with van der Waals surface area (Å²) in [5.41, 5.74) is 15.4. The van der Waals surface area contributed by atoms with Gasteiger partial charge in [-0.2, -0.15) is 11.8 Å². The van der Waals surface area contributed by atoms with Gasteiger partial charge >= 0.3 is 0 Å². The minimum absolute atomic E-state index is 0.110. The van der Waals surface area contributed by atoms with Crippen LogP contribution in [0.15, 0.2) is 224 Å². The van der Waals surface area contributed by atoms with Crippen molar-refractivity contribution in [2.75, 3.05) is 45.1 Å². The molecule has 3 atom stereocenters. The van der Waals surface area contributed by atoms with Gasteiger partial charge in [-0.25, -0.2) is 4.98 Å². The largest absolute Gasteiger partial charge is 0.492 e. The third-order valence-corrected chi connectivity index (χ3v) is 22.9. The lowest BCUT2D eigenvalue weighted by Gasteiger charge is -2.31. The Kier molecular flexibility index (Phi) is 26.2. The van der Waals surface area contributed by atoms with E-state index < -0.39 is 18.1 Å². The average molecular weight is 1530 g/mol. The van der Waals surface area contributed by atoms with Crippen molar-refractivity contribution in [3.63, 3.8) is 0 Å². The first-order chi connectivity index (χ1) is 54.1. The fraction of sp³-hybridized carbons (Fsp3) is 0.315. The third kappa shape index (κ3) is 19.6. The molecular formula is C89H96N10O10S2. The van der Waals surface area contributed by atoms with Crippen molar-refractivity contribution in [1.29, 1.82) is 0 Å². The fourth-order valence-electron chi connectivity index (χ4n) is 14.5. The zero-order valence-electron chi connectivity index (χ0n) is 63.3. The van der Waals surface area contributed by atoms with E-state index in [4.69, 9.17) is 18.9 Å². The zero-order chi connectivity index (χ0) is 77.3. The van der Waals surface area contributed by atoms with Crippen LogP contribution in [0.25, 0.3) is 11.0 Å². The van der Waals surface area contributed by atoms with E-state index in [0.717, 1.165) is 112 Å². The van der Waals surface area contributed by atoms with Crippen LogP contribution in [0.2, 0.25) is 0 Å². The molecule has 574 valence electrons. The Morgan fingerprint density at radius 1 is 0.441 bits per heavy atom. The molecule has 4 N–H and O–H groups in total. The smallest absolute Gasteiger partial charge is 0.255 e. The van der Waals surface area contributed by atoms with Crippen molar-refractivity contribution in [3.8, 4) is 23.0 Å². The van der Waals surface area contributed by atoms with Gasteiger partial charge in [-0.15, -0.1) is 0 Å². The van der Waals surface area contributed by atoms with E-state index in [1.807, 2.05) is 115 Å². The maximum atomic E-state index is 13.1. The molecule has 3 fully saturated rings. The number of fused-ring (bicyclic) bond motifs is 4. The van der Waals surface area contributed by atoms with E-state index in [9.17, 15) is 28.8 Å². The van der Waals surface area contributed by atoms with Crippen molar-refractivity contribution in [3.05, 3.63) is 286 Å². The Bertz CT molecular complexity index is 4820. The first-order valence-electron chi connectivity index (χ1n) is 38.2. The summed E-state index contributed by atoms with van der Waals surface area (Å²) in [7, 11) is 0. The first-order valence-corrected chi connectivity index (χ1v) is 40.3. The molecule has 3 saturated heterocycles. The molecule has 0 bridgehead atoms. The van der Waals surface area contributed by atoms with Gasteiger partial charge in [0.25, 0.3) is 17.7 Å². The number of carbonyl (C=O) groups is 6. The molecule has 15 rings (SSSR count). The monoisotopic (exact) mass is 1530 g/mol. The van der Waals surface area contributed by atoms with Crippen molar-refractivity contribution in [2.24, 2.45) is 0 Å². The number of benzene rings is 8. The molecule has 3 unspecified atom stereocenters. The van der Waals surface area contributed by atoms with Crippen molar-refractivity contribution < 1.29 is 47.7 Å². The summed E-state index contributed by atoms with van der Waals surface area (Å²) < 4.78 is 24.3. The van der Waals surface area contributed by atoms with E-state index in [-0.39, 0.29) is 35.4 Å². The van der Waals surface area contributed by atoms with E-state index in [0.29, 0.717) is 136 Å². The Balaban J connectivity index is 0.000000146. The van der Waals surface area contributed by atoms with Gasteiger partial charge in [-0.1, -0.05) is 174 Å². The number of amides is 6. The van der Waals surface area contributed by atoms with E-state index >= 15 is 0 Å². The predicted molar refractivity (Wildman–Crippen MR) is 435 cm³/mol. The summed E-state index contributed by atoms with van der Waals surface area (Å²) in [5, 5.41) is 9.25. The molecule has 6 aliphatic heterocycles. The highest BCUT2D eigenvalue weighted by Crippen LogP contribution is 2.38. The minimum Gasteiger partial charge on any atom is -0.492 e. The highest BCUT2D eigenvalue weighted by atomic mass is 32.2. The number of nitrogens with zero attached hydrogens (tertiary/aromatic N) is 6. The molecule has 1 aromatic heterocycles. The summed E-state index contributed by atoms with van der Waals surface area (Å²) in [5.74, 6) is 5.07. The van der Waals surface area contributed by atoms with Crippen molar-refractivity contribution in [1.82, 2.24) is 50.4 Å². The second kappa shape index (κ2) is 37.2. The summed E-state index contributed by atoms with van der Waals surface area (Å²) in [4.78, 5) is 94.3. The van der Waals surface area contributed by atoms with Gasteiger partial charge in [0.05, 0.1) is 30.7 Å². The van der Waals surface area contributed by atoms with Gasteiger partial charge < -0.3 is 59.5 Å². The molecule has 8 aromatic carbocycles. The van der Waals surface area contributed by atoms with Crippen molar-refractivity contribution >= 4 is 70.0 Å². The van der Waals surface area contributed by atoms with E-state index in [1.165, 1.54) is 16.7 Å². The standard InChI is InChI=1S/C32H35N3O4.C29H26N4O3S.C28H35N3O3S/c1-3-34(18-19-38-26-8-5-4-6-9-26)20-24-13-15-25(16-14-24)22-39-30-11-7-10-27-28(30)21-35(32(27)37)29-17-12-23(2)33-31(29)36;1-18-9-14-25(27(34)30-18)33-15-22-21(28(33)35)5-4-8-26(22)36-16-19-10-12-20(13-11-19)17-37-29-31-23-6-2-3-7-24(23)32-29;1-4-30(5-2)15-16-35-19-22-12-10-21(11-13-22)18-34-26-8-6-7-23-24(26)17-31(28(23)33)25-14-9-20(3)29-27(25)32/h4-11,13-16,29H,2-3,12,17-22H2,1H3,(H,33,36);2-8,10-13,25H,1,9,14-17H2,(H,30,34)(H,31,32);6-8,10-13,25H,3-5,9,14-19H2,1-2H3,(H,29,32). The van der Waals surface area contributed by atoms with Crippen LogP contribution in [0.5, 0.6) is 23.0 Å². The molecule has 0 aliphatic carbocycles. The Morgan fingerprint density at radius 2 is 0.847 bits per heavy atom. The molecule has 6 amide bonds. The molecule has 22 heteroatoms. The lowest BCUT2D eigenvalue weighted by molar-refractivity contribution is -0.127. The SMILES string of the molecule is C=C1CCC(N2Cc3c(OCc4ccc(CN(CC)CCOc5ccccc5)cc4)cccc3C2=O)C(=O)N1.C=C1CCC(N2Cc3c(OCc4ccc(CSCCN(CC)CC)cc4)cccc3C2=O)C(=O)N1.C=C1CCC(N2Cc3c(OCc4ccc(CSc5nc6ccccc6[nH]5)cc4)cccc3C2=O)C(=O)N1.